The van der Waals surface area contributed by atoms with Gasteiger partial charge in [-0.2, -0.15) is 0 Å². The van der Waals surface area contributed by atoms with E-state index in [1.165, 1.54) is 0 Å². The highest BCUT2D eigenvalue weighted by Gasteiger charge is 2.12. The Kier molecular flexibility index (Phi) is 9.73. The van der Waals surface area contributed by atoms with E-state index < -0.39 is 9.28 Å². The van der Waals surface area contributed by atoms with Crippen LogP contribution in [0.3, 0.4) is 0 Å². The van der Waals surface area contributed by atoms with Crippen molar-refractivity contribution in [3.63, 3.8) is 0 Å². The predicted octanol–water partition coefficient (Wildman–Crippen LogP) is 1.78. The molecule has 0 fully saturated rings. The summed E-state index contributed by atoms with van der Waals surface area (Å²) in [5, 5.41) is 0. The van der Waals surface area contributed by atoms with Gasteiger partial charge in [-0.1, -0.05) is 0 Å². The van der Waals surface area contributed by atoms with Crippen LogP contribution in [0.5, 0.6) is 0 Å². The third-order valence-corrected chi connectivity index (χ3v) is 4.33. The molecule has 0 aromatic rings. The smallest absolute Gasteiger partial charge is 0.321 e. The Balaban J connectivity index is 3.64. The van der Waals surface area contributed by atoms with Crippen molar-refractivity contribution < 1.29 is 13.6 Å². The normalized spacial score (nSPS) is 12.5. The molecule has 1 atom stereocenters. The fourth-order valence-electron chi connectivity index (χ4n) is 1.32. The largest absolute Gasteiger partial charge is 0.397 e. The third kappa shape index (κ3) is 8.51. The van der Waals surface area contributed by atoms with Gasteiger partial charge in [0.25, 0.3) is 0 Å². The van der Waals surface area contributed by atoms with Crippen LogP contribution in [0.4, 0.5) is 0 Å². The Hall–Kier alpha value is -0.483. The number of aliphatic imine (C=N–C) groups is 1. The minimum atomic E-state index is -1.45. The molecule has 0 rings (SSSR count). The molecular weight excluding hydrogens is 210 g/mol. The second kappa shape index (κ2) is 10.0. The van der Waals surface area contributed by atoms with Crippen LogP contribution in [0.2, 0.25) is 6.04 Å². The summed E-state index contributed by atoms with van der Waals surface area (Å²) in [6.07, 6.45) is 3.48. The second-order valence-corrected chi connectivity index (χ2v) is 5.44. The van der Waals surface area contributed by atoms with Crippen LogP contribution in [0.1, 0.15) is 33.6 Å². The first-order valence-electron chi connectivity index (χ1n) is 5.54. The zero-order chi connectivity index (χ0) is 11.5. The molecule has 0 heterocycles. The fourth-order valence-corrected chi connectivity index (χ4v) is 3.06. The van der Waals surface area contributed by atoms with Crippen LogP contribution >= 0.6 is 0 Å². The van der Waals surface area contributed by atoms with E-state index in [9.17, 15) is 4.79 Å². The molecule has 0 N–H and O–H groups in total. The van der Waals surface area contributed by atoms with Crippen molar-refractivity contribution in [2.75, 3.05) is 13.2 Å². The number of isocyanates is 1. The third-order valence-electron chi connectivity index (χ3n) is 2.04. The maximum absolute atomic E-state index is 9.98. The monoisotopic (exact) mass is 231 g/mol. The van der Waals surface area contributed by atoms with Crippen molar-refractivity contribution in [3.05, 3.63) is 0 Å². The van der Waals surface area contributed by atoms with Crippen molar-refractivity contribution in [2.45, 2.75) is 45.7 Å². The zero-order valence-corrected chi connectivity index (χ0v) is 11.0. The van der Waals surface area contributed by atoms with Gasteiger partial charge >= 0.3 is 9.28 Å². The van der Waals surface area contributed by atoms with Crippen molar-refractivity contribution in [3.8, 4) is 0 Å². The van der Waals surface area contributed by atoms with Crippen LogP contribution < -0.4 is 0 Å². The van der Waals surface area contributed by atoms with E-state index in [0.29, 0.717) is 0 Å². The van der Waals surface area contributed by atoms with Crippen molar-refractivity contribution >= 4 is 15.4 Å². The highest BCUT2D eigenvalue weighted by atomic mass is 28.3. The lowest BCUT2D eigenvalue weighted by molar-refractivity contribution is 0.212. The molecule has 0 aliphatic carbocycles. The van der Waals surface area contributed by atoms with Gasteiger partial charge in [0.05, 0.1) is 6.04 Å². The van der Waals surface area contributed by atoms with Gasteiger partial charge in [0.2, 0.25) is 6.08 Å². The summed E-state index contributed by atoms with van der Waals surface area (Å²) >= 11 is 0. The zero-order valence-electron chi connectivity index (χ0n) is 9.86. The maximum Gasteiger partial charge on any atom is 0.321 e. The minimum absolute atomic E-state index is 0.0698. The van der Waals surface area contributed by atoms with E-state index in [-0.39, 0.29) is 6.04 Å². The number of hydrogen-bond acceptors (Lipinski definition) is 4. The molecular formula is C10H21NO3Si. The minimum Gasteiger partial charge on any atom is -0.397 e. The average molecular weight is 231 g/mol. The number of hydrogen-bond donors (Lipinski definition) is 0. The molecule has 88 valence electrons. The molecule has 0 aliphatic heterocycles. The van der Waals surface area contributed by atoms with Crippen molar-refractivity contribution in [1.29, 1.82) is 0 Å². The van der Waals surface area contributed by atoms with Crippen LogP contribution in [-0.2, 0) is 13.6 Å². The quantitative estimate of drug-likeness (QED) is 0.345. The summed E-state index contributed by atoms with van der Waals surface area (Å²) < 4.78 is 11.1. The lowest BCUT2D eigenvalue weighted by Crippen LogP contribution is -2.22. The van der Waals surface area contributed by atoms with Crippen LogP contribution in [0.25, 0.3) is 0 Å². The second-order valence-electron chi connectivity index (χ2n) is 3.34. The molecule has 0 bridgehead atoms. The van der Waals surface area contributed by atoms with Gasteiger partial charge < -0.3 is 8.85 Å². The summed E-state index contributed by atoms with van der Waals surface area (Å²) in [4.78, 5) is 13.6. The molecule has 0 aliphatic rings. The summed E-state index contributed by atoms with van der Waals surface area (Å²) in [6, 6.07) is 1.06. The Morgan fingerprint density at radius 2 is 1.93 bits per heavy atom. The number of carbonyl (C=O) groups excluding carboxylic acids is 1. The van der Waals surface area contributed by atoms with E-state index in [4.69, 9.17) is 8.85 Å². The predicted molar refractivity (Wildman–Crippen MR) is 62.0 cm³/mol. The fraction of sp³-hybridized carbons (Fsp3) is 0.900. The average Bonchev–Trinajstić information content (AvgIpc) is 2.19. The molecule has 0 saturated carbocycles. The standard InChI is InChI=1S/C10H21NO3Si/c1-4-13-15(14-5-2)8-6-7-10(3)11-9-12/h10,15H,4-8H2,1-3H3. The molecule has 0 amide bonds. The molecule has 0 saturated heterocycles. The van der Waals surface area contributed by atoms with Gasteiger partial charge in [0.1, 0.15) is 0 Å². The SMILES string of the molecule is CCO[SiH](CCCC(C)N=C=O)OCC. The van der Waals surface area contributed by atoms with Gasteiger partial charge in [-0.25, -0.2) is 9.79 Å². The Morgan fingerprint density at radius 3 is 2.40 bits per heavy atom. The van der Waals surface area contributed by atoms with E-state index in [1.54, 1.807) is 6.08 Å². The molecule has 0 aromatic heterocycles. The Morgan fingerprint density at radius 1 is 1.33 bits per heavy atom. The van der Waals surface area contributed by atoms with Crippen molar-refractivity contribution in [1.82, 2.24) is 0 Å². The van der Waals surface area contributed by atoms with Crippen LogP contribution in [0, 0.1) is 0 Å². The number of nitrogens with zero attached hydrogens (tertiary/aromatic N) is 1. The van der Waals surface area contributed by atoms with Gasteiger partial charge in [0.15, 0.2) is 0 Å². The molecule has 15 heavy (non-hydrogen) atoms. The first-order valence-corrected chi connectivity index (χ1v) is 7.30. The van der Waals surface area contributed by atoms with Gasteiger partial charge in [-0.3, -0.25) is 0 Å². The molecule has 0 aromatic carbocycles. The van der Waals surface area contributed by atoms with Crippen LogP contribution in [0.15, 0.2) is 4.99 Å². The molecule has 0 radical (unpaired) electrons. The van der Waals surface area contributed by atoms with Gasteiger partial charge in [-0.15, -0.1) is 0 Å². The summed E-state index contributed by atoms with van der Waals surface area (Å²) in [5.41, 5.74) is 0. The first kappa shape index (κ1) is 14.5. The highest BCUT2D eigenvalue weighted by Crippen LogP contribution is 2.08. The van der Waals surface area contributed by atoms with Gasteiger partial charge in [0, 0.05) is 13.2 Å². The lowest BCUT2D eigenvalue weighted by Gasteiger charge is -2.14. The summed E-state index contributed by atoms with van der Waals surface area (Å²) in [5.74, 6) is 0. The van der Waals surface area contributed by atoms with E-state index in [1.807, 2.05) is 20.8 Å². The Labute approximate surface area is 93.5 Å². The molecule has 0 spiro atoms. The van der Waals surface area contributed by atoms with Gasteiger partial charge in [-0.05, 0) is 39.7 Å². The highest BCUT2D eigenvalue weighted by molar-refractivity contribution is 6.44. The van der Waals surface area contributed by atoms with E-state index >= 15 is 0 Å². The van der Waals surface area contributed by atoms with E-state index in [2.05, 4.69) is 4.99 Å². The molecule has 1 unspecified atom stereocenters. The summed E-state index contributed by atoms with van der Waals surface area (Å²) in [6.45, 7) is 7.33. The summed E-state index contributed by atoms with van der Waals surface area (Å²) in [7, 11) is -1.45. The molecule has 5 heteroatoms. The number of rotatable bonds is 9. The van der Waals surface area contributed by atoms with Crippen LogP contribution in [-0.4, -0.2) is 34.6 Å². The first-order chi connectivity index (χ1) is 7.24. The molecule has 4 nitrogen and oxygen atoms in total. The maximum atomic E-state index is 9.98. The Bertz CT molecular complexity index is 189. The topological polar surface area (TPSA) is 47.9 Å². The lowest BCUT2D eigenvalue weighted by atomic mass is 10.2. The van der Waals surface area contributed by atoms with E-state index in [0.717, 1.165) is 32.1 Å². The van der Waals surface area contributed by atoms with Crippen molar-refractivity contribution in [2.24, 2.45) is 4.99 Å².